The molecule has 3 heterocycles. The predicted molar refractivity (Wildman–Crippen MR) is 114 cm³/mol. The first-order valence-electron chi connectivity index (χ1n) is 10.4. The van der Waals surface area contributed by atoms with E-state index in [4.69, 9.17) is 21.5 Å². The number of amides is 1. The number of carbonyl (C=O) groups is 2. The van der Waals surface area contributed by atoms with Gasteiger partial charge in [-0.15, -0.1) is 10.2 Å². The zero-order chi connectivity index (χ0) is 24.3. The van der Waals surface area contributed by atoms with Crippen molar-refractivity contribution in [3.8, 4) is 0 Å². The quantitative estimate of drug-likeness (QED) is 0.687. The van der Waals surface area contributed by atoms with Crippen LogP contribution >= 0.6 is 11.6 Å². The molecule has 2 atom stereocenters. The van der Waals surface area contributed by atoms with Gasteiger partial charge in [0.05, 0.1) is 0 Å². The molecule has 1 amide bonds. The fourth-order valence-corrected chi connectivity index (χ4v) is 4.35. The summed E-state index contributed by atoms with van der Waals surface area (Å²) in [7, 11) is 0. The van der Waals surface area contributed by atoms with Crippen molar-refractivity contribution >= 4 is 23.5 Å². The average Bonchev–Trinajstić information content (AvgIpc) is 3.27. The lowest BCUT2D eigenvalue weighted by molar-refractivity contribution is -0.192. The van der Waals surface area contributed by atoms with Crippen molar-refractivity contribution in [2.75, 3.05) is 13.1 Å². The number of nitrogens with zero attached hydrogens (tertiary/aromatic N) is 4. The lowest BCUT2D eigenvalue weighted by Gasteiger charge is -2.25. The summed E-state index contributed by atoms with van der Waals surface area (Å²) in [6.45, 7) is 7.71. The Bertz CT molecular complexity index is 1010. The van der Waals surface area contributed by atoms with Gasteiger partial charge in [0, 0.05) is 43.7 Å². The molecule has 8 nitrogen and oxygen atoms in total. The summed E-state index contributed by atoms with van der Waals surface area (Å²) >= 11 is 6.11. The number of carboxylic acids is 1. The van der Waals surface area contributed by atoms with Crippen LogP contribution in [-0.2, 0) is 24.3 Å². The minimum Gasteiger partial charge on any atom is -0.475 e. The molecule has 12 heteroatoms. The smallest absolute Gasteiger partial charge is 0.475 e. The molecule has 2 aromatic rings. The predicted octanol–water partition coefficient (Wildman–Crippen LogP) is 3.01. The van der Waals surface area contributed by atoms with E-state index in [1.807, 2.05) is 36.6 Å². The third-order valence-corrected chi connectivity index (χ3v) is 5.74. The Morgan fingerprint density at radius 2 is 1.88 bits per heavy atom. The van der Waals surface area contributed by atoms with Crippen molar-refractivity contribution in [1.29, 1.82) is 0 Å². The molecule has 0 bridgehead atoms. The van der Waals surface area contributed by atoms with Crippen molar-refractivity contribution in [2.24, 2.45) is 11.8 Å². The SMILES string of the molecule is CC(C)NC(=O)c1nnc2n1CC1CN(Cc3cccc(Cl)c3)CC1C2.O=C(O)C(F)(F)F. The van der Waals surface area contributed by atoms with Crippen LogP contribution in [0.2, 0.25) is 5.02 Å². The zero-order valence-electron chi connectivity index (χ0n) is 18.1. The first kappa shape index (κ1) is 25.0. The highest BCUT2D eigenvalue weighted by molar-refractivity contribution is 6.30. The number of likely N-dealkylation sites (tertiary alicyclic amines) is 1. The minimum absolute atomic E-state index is 0.0893. The van der Waals surface area contributed by atoms with E-state index < -0.39 is 12.1 Å². The van der Waals surface area contributed by atoms with Gasteiger partial charge in [0.25, 0.3) is 5.91 Å². The number of rotatable bonds is 4. The van der Waals surface area contributed by atoms with Crippen molar-refractivity contribution in [2.45, 2.75) is 45.6 Å². The van der Waals surface area contributed by atoms with Gasteiger partial charge in [0.2, 0.25) is 5.82 Å². The van der Waals surface area contributed by atoms with Crippen LogP contribution in [0.4, 0.5) is 13.2 Å². The van der Waals surface area contributed by atoms with Crippen LogP contribution in [0.15, 0.2) is 24.3 Å². The van der Waals surface area contributed by atoms with E-state index in [9.17, 15) is 18.0 Å². The summed E-state index contributed by atoms with van der Waals surface area (Å²) in [5.74, 6) is -0.404. The molecule has 1 saturated heterocycles. The van der Waals surface area contributed by atoms with E-state index in [0.29, 0.717) is 17.7 Å². The monoisotopic (exact) mass is 487 g/mol. The van der Waals surface area contributed by atoms with Crippen LogP contribution in [0.1, 0.15) is 35.9 Å². The Morgan fingerprint density at radius 1 is 1.21 bits per heavy atom. The second-order valence-electron chi connectivity index (χ2n) is 8.53. The van der Waals surface area contributed by atoms with E-state index in [1.54, 1.807) is 0 Å². The number of hydrogen-bond acceptors (Lipinski definition) is 5. The molecule has 1 aromatic carbocycles. The molecular formula is C21H25ClF3N5O3. The molecule has 2 unspecified atom stereocenters. The highest BCUT2D eigenvalue weighted by Crippen LogP contribution is 2.33. The number of halogens is 4. The summed E-state index contributed by atoms with van der Waals surface area (Å²) in [4.78, 5) is 23.7. The fraction of sp³-hybridized carbons (Fsp3) is 0.524. The van der Waals surface area contributed by atoms with Crippen LogP contribution in [0.25, 0.3) is 0 Å². The number of hydrogen-bond donors (Lipinski definition) is 2. The van der Waals surface area contributed by atoms with E-state index in [-0.39, 0.29) is 11.9 Å². The molecule has 0 radical (unpaired) electrons. The van der Waals surface area contributed by atoms with Gasteiger partial charge in [-0.2, -0.15) is 13.2 Å². The van der Waals surface area contributed by atoms with Gasteiger partial charge >= 0.3 is 12.1 Å². The Labute approximate surface area is 193 Å². The Kier molecular flexibility index (Phi) is 7.63. The molecule has 0 saturated carbocycles. The van der Waals surface area contributed by atoms with E-state index >= 15 is 0 Å². The normalized spacial score (nSPS) is 20.0. The lowest BCUT2D eigenvalue weighted by atomic mass is 9.89. The maximum atomic E-state index is 12.4. The molecule has 4 rings (SSSR count). The number of benzene rings is 1. The van der Waals surface area contributed by atoms with Crippen LogP contribution in [0.3, 0.4) is 0 Å². The van der Waals surface area contributed by atoms with Gasteiger partial charge in [-0.05, 0) is 43.4 Å². The second-order valence-corrected chi connectivity index (χ2v) is 8.97. The zero-order valence-corrected chi connectivity index (χ0v) is 18.9. The number of carbonyl (C=O) groups excluding carboxylic acids is 1. The number of nitrogens with one attached hydrogen (secondary N) is 1. The minimum atomic E-state index is -5.08. The molecule has 1 fully saturated rings. The first-order chi connectivity index (χ1) is 15.4. The number of alkyl halides is 3. The van der Waals surface area contributed by atoms with Gasteiger partial charge < -0.3 is 15.0 Å². The number of fused-ring (bicyclic) bond motifs is 2. The topological polar surface area (TPSA) is 100 Å². The van der Waals surface area contributed by atoms with Gasteiger partial charge in [0.1, 0.15) is 5.82 Å². The van der Waals surface area contributed by atoms with Crippen molar-refractivity contribution in [3.63, 3.8) is 0 Å². The van der Waals surface area contributed by atoms with Crippen molar-refractivity contribution in [3.05, 3.63) is 46.5 Å². The summed E-state index contributed by atoms with van der Waals surface area (Å²) < 4.78 is 33.8. The Morgan fingerprint density at radius 3 is 2.48 bits per heavy atom. The average molecular weight is 488 g/mol. The van der Waals surface area contributed by atoms with Crippen molar-refractivity contribution < 1.29 is 27.9 Å². The van der Waals surface area contributed by atoms with Crippen LogP contribution < -0.4 is 5.32 Å². The van der Waals surface area contributed by atoms with Gasteiger partial charge in [-0.1, -0.05) is 23.7 Å². The number of carboxylic acid groups (broad SMARTS) is 1. The second kappa shape index (κ2) is 10.1. The molecular weight excluding hydrogens is 463 g/mol. The highest BCUT2D eigenvalue weighted by atomic mass is 35.5. The van der Waals surface area contributed by atoms with Gasteiger partial charge in [0.15, 0.2) is 0 Å². The molecule has 0 spiro atoms. The van der Waals surface area contributed by atoms with Crippen LogP contribution in [0.5, 0.6) is 0 Å². The Balaban J connectivity index is 0.000000383. The maximum Gasteiger partial charge on any atom is 0.490 e. The third kappa shape index (κ3) is 6.44. The van der Waals surface area contributed by atoms with Crippen LogP contribution in [0, 0.1) is 11.8 Å². The first-order valence-corrected chi connectivity index (χ1v) is 10.8. The molecule has 1 aromatic heterocycles. The Hall–Kier alpha value is -2.66. The molecule has 2 aliphatic heterocycles. The van der Waals surface area contributed by atoms with Gasteiger partial charge in [-0.25, -0.2) is 4.79 Å². The number of aliphatic carboxylic acids is 1. The molecule has 2 aliphatic rings. The fourth-order valence-electron chi connectivity index (χ4n) is 4.14. The summed E-state index contributed by atoms with van der Waals surface area (Å²) in [6, 6.07) is 8.16. The third-order valence-electron chi connectivity index (χ3n) is 5.50. The van der Waals surface area contributed by atoms with E-state index in [0.717, 1.165) is 43.4 Å². The number of aromatic nitrogens is 3. The molecule has 2 N–H and O–H groups in total. The van der Waals surface area contributed by atoms with E-state index in [1.165, 1.54) is 5.56 Å². The summed E-state index contributed by atoms with van der Waals surface area (Å²) in [5.41, 5.74) is 1.24. The molecule has 0 aliphatic carbocycles. The van der Waals surface area contributed by atoms with Crippen LogP contribution in [-0.4, -0.2) is 62.0 Å². The highest BCUT2D eigenvalue weighted by Gasteiger charge is 2.39. The van der Waals surface area contributed by atoms with Crippen molar-refractivity contribution in [1.82, 2.24) is 25.0 Å². The largest absolute Gasteiger partial charge is 0.490 e. The summed E-state index contributed by atoms with van der Waals surface area (Å²) in [5, 5.41) is 19.3. The molecule has 180 valence electrons. The standard InChI is InChI=1S/C19H24ClN5O.C2HF3O2/c1-12(2)21-19(26)18-23-22-17-7-14-9-24(10-15(14)11-25(17)18)8-13-4-3-5-16(20)6-13;3-2(4,5)1(6)7/h3-6,12,14-15H,7-11H2,1-2H3,(H,21,26);(H,6,7). The maximum absolute atomic E-state index is 12.4. The molecule has 33 heavy (non-hydrogen) atoms. The summed E-state index contributed by atoms with van der Waals surface area (Å²) in [6.07, 6.45) is -4.20. The van der Waals surface area contributed by atoms with Gasteiger partial charge in [-0.3, -0.25) is 9.69 Å². The van der Waals surface area contributed by atoms with E-state index in [2.05, 4.69) is 26.5 Å². The lowest BCUT2D eigenvalue weighted by Crippen LogP contribution is -2.35.